The number of aliphatic hydroxyl groups excluding tert-OH is 2. The van der Waals surface area contributed by atoms with Gasteiger partial charge in [0.05, 0.1) is 29.6 Å². The Morgan fingerprint density at radius 2 is 1.97 bits per heavy atom. The molecule has 3 aromatic rings. The number of hydrogen-bond acceptors (Lipinski definition) is 8. The Morgan fingerprint density at radius 3 is 2.68 bits per heavy atom. The molecule has 2 aromatic heterocycles. The van der Waals surface area contributed by atoms with Gasteiger partial charge in [-0.2, -0.15) is 0 Å². The van der Waals surface area contributed by atoms with Gasteiger partial charge in [-0.3, -0.25) is 0 Å². The van der Waals surface area contributed by atoms with Crippen LogP contribution in [-0.4, -0.2) is 68.5 Å². The van der Waals surface area contributed by atoms with Crippen molar-refractivity contribution in [1.29, 1.82) is 0 Å². The van der Waals surface area contributed by atoms with E-state index in [1.54, 1.807) is 0 Å². The van der Waals surface area contributed by atoms with Gasteiger partial charge in [-0.15, -0.1) is 5.10 Å². The molecule has 0 unspecified atom stereocenters. The lowest BCUT2D eigenvalue weighted by Crippen LogP contribution is -2.57. The molecule has 2 fully saturated rings. The van der Waals surface area contributed by atoms with Crippen LogP contribution < -0.4 is 0 Å². The summed E-state index contributed by atoms with van der Waals surface area (Å²) in [7, 11) is 1.47. The molecule has 12 heteroatoms. The minimum absolute atomic E-state index is 0.0424. The van der Waals surface area contributed by atoms with E-state index in [-0.39, 0.29) is 21.7 Å². The molecule has 0 bridgehead atoms. The van der Waals surface area contributed by atoms with Crippen LogP contribution >= 0.6 is 11.6 Å². The van der Waals surface area contributed by atoms with Crippen molar-refractivity contribution in [2.24, 2.45) is 0 Å². The molecule has 0 amide bonds. The topological polar surface area (TPSA) is 116 Å². The molecule has 0 spiro atoms. The van der Waals surface area contributed by atoms with Gasteiger partial charge in [-0.05, 0) is 25.0 Å². The van der Waals surface area contributed by atoms with Crippen LogP contribution in [0.2, 0.25) is 5.02 Å². The largest absolute Gasteiger partial charge is 0.394 e. The summed E-state index contributed by atoms with van der Waals surface area (Å²) in [4.78, 5) is 0. The number of hydrogen-bond donors (Lipinski definition) is 2. The number of ether oxygens (including phenoxy) is 2. The Hall–Kier alpha value is -2.44. The number of halogens is 3. The maximum atomic E-state index is 14.5. The predicted octanol–water partition coefficient (Wildman–Crippen LogP) is 3.62. The maximum Gasteiger partial charge on any atom is 0.178 e. The summed E-state index contributed by atoms with van der Waals surface area (Å²) < 4.78 is 47.3. The van der Waals surface area contributed by atoms with E-state index in [4.69, 9.17) is 25.6 Å². The number of nitrogens with zero attached hydrogens (tertiary/aromatic N) is 4. The minimum atomic E-state index is -1.22. The third kappa shape index (κ3) is 4.79. The van der Waals surface area contributed by atoms with Crippen molar-refractivity contribution in [2.45, 2.75) is 74.9 Å². The molecule has 5 atom stereocenters. The Balaban J connectivity index is 1.43. The average Bonchev–Trinajstić information content (AvgIpc) is 3.65. The van der Waals surface area contributed by atoms with Crippen LogP contribution in [0.25, 0.3) is 11.3 Å². The zero-order valence-electron chi connectivity index (χ0n) is 20.5. The Bertz CT molecular complexity index is 1250. The predicted molar refractivity (Wildman–Crippen MR) is 128 cm³/mol. The van der Waals surface area contributed by atoms with E-state index in [1.165, 1.54) is 30.1 Å². The molecule has 3 heterocycles. The summed E-state index contributed by atoms with van der Waals surface area (Å²) in [6.45, 7) is 1.72. The molecule has 9 nitrogen and oxygen atoms in total. The van der Waals surface area contributed by atoms with E-state index < -0.39 is 48.7 Å². The molecular formula is C25H29ClF2N4O5. The van der Waals surface area contributed by atoms with Crippen LogP contribution in [0.5, 0.6) is 0 Å². The lowest BCUT2D eigenvalue weighted by molar-refractivity contribution is -0.212. The molecule has 1 aromatic carbocycles. The second-order valence-electron chi connectivity index (χ2n) is 10.0. The first-order valence-corrected chi connectivity index (χ1v) is 12.6. The molecule has 1 aliphatic carbocycles. The van der Waals surface area contributed by atoms with Crippen molar-refractivity contribution in [3.8, 4) is 11.3 Å². The second kappa shape index (κ2) is 10.4. The van der Waals surface area contributed by atoms with Crippen LogP contribution in [-0.2, 0) is 21.3 Å². The standard InChI is InChI=1S/C25H29ClF2N4O5/c1-25(7-3-4-8-25)19-10-13(30-37-19)9-17-24(35-2)22(23(34)18(12-33)36-17)32-11-16(29-31-32)14-5-6-15(26)21(28)20(14)27/h5-6,10-11,17-18,22-24,33-34H,3-4,7-9,12H2,1-2H3/t17-,18-,22+,23+,24+/m1/s1. The fraction of sp³-hybridized carbons (Fsp3) is 0.560. The van der Waals surface area contributed by atoms with Gasteiger partial charge < -0.3 is 24.2 Å². The fourth-order valence-electron chi connectivity index (χ4n) is 5.50. The van der Waals surface area contributed by atoms with Crippen molar-refractivity contribution in [1.82, 2.24) is 20.2 Å². The Labute approximate surface area is 217 Å². The molecule has 0 radical (unpaired) electrons. The summed E-state index contributed by atoms with van der Waals surface area (Å²) in [5.74, 6) is -1.51. The lowest BCUT2D eigenvalue weighted by Gasteiger charge is -2.43. The second-order valence-corrected chi connectivity index (χ2v) is 10.4. The molecule has 200 valence electrons. The molecule has 1 saturated heterocycles. The van der Waals surface area contributed by atoms with E-state index in [0.717, 1.165) is 31.4 Å². The number of aliphatic hydroxyl groups is 2. The van der Waals surface area contributed by atoms with E-state index in [1.807, 2.05) is 6.07 Å². The van der Waals surface area contributed by atoms with E-state index in [0.29, 0.717) is 12.1 Å². The summed E-state index contributed by atoms with van der Waals surface area (Å²) in [5.41, 5.74) is 0.540. The van der Waals surface area contributed by atoms with Crippen LogP contribution in [0, 0.1) is 11.6 Å². The molecule has 5 rings (SSSR count). The molecule has 1 aliphatic heterocycles. The third-order valence-electron chi connectivity index (χ3n) is 7.63. The van der Waals surface area contributed by atoms with Crippen LogP contribution in [0.15, 0.2) is 28.9 Å². The minimum Gasteiger partial charge on any atom is -0.394 e. The highest BCUT2D eigenvalue weighted by Gasteiger charge is 2.47. The Kier molecular flexibility index (Phi) is 7.34. The van der Waals surface area contributed by atoms with Gasteiger partial charge in [-0.25, -0.2) is 13.5 Å². The van der Waals surface area contributed by atoms with Gasteiger partial charge in [-0.1, -0.05) is 41.7 Å². The van der Waals surface area contributed by atoms with Crippen molar-refractivity contribution in [3.05, 3.63) is 52.5 Å². The van der Waals surface area contributed by atoms with Gasteiger partial charge in [0.1, 0.15) is 35.8 Å². The van der Waals surface area contributed by atoms with Gasteiger partial charge >= 0.3 is 0 Å². The van der Waals surface area contributed by atoms with Gasteiger partial charge in [0, 0.05) is 30.6 Å². The highest BCUT2D eigenvalue weighted by Crippen LogP contribution is 2.41. The molecule has 1 saturated carbocycles. The van der Waals surface area contributed by atoms with Crippen LogP contribution in [0.3, 0.4) is 0 Å². The molecular weight excluding hydrogens is 510 g/mol. The lowest BCUT2D eigenvalue weighted by atomic mass is 9.85. The smallest absolute Gasteiger partial charge is 0.178 e. The zero-order valence-corrected chi connectivity index (χ0v) is 21.2. The van der Waals surface area contributed by atoms with Crippen molar-refractivity contribution >= 4 is 11.6 Å². The monoisotopic (exact) mass is 538 g/mol. The maximum absolute atomic E-state index is 14.5. The summed E-state index contributed by atoms with van der Waals surface area (Å²) in [6.07, 6.45) is 2.53. The number of aromatic nitrogens is 4. The summed E-state index contributed by atoms with van der Waals surface area (Å²) in [5, 5.41) is 32.9. The van der Waals surface area contributed by atoms with Gasteiger partial charge in [0.2, 0.25) is 0 Å². The van der Waals surface area contributed by atoms with E-state index in [2.05, 4.69) is 22.4 Å². The van der Waals surface area contributed by atoms with Crippen molar-refractivity contribution < 1.29 is 33.0 Å². The molecule has 37 heavy (non-hydrogen) atoms. The summed E-state index contributed by atoms with van der Waals surface area (Å²) >= 11 is 5.66. The quantitative estimate of drug-likeness (QED) is 0.438. The fourth-order valence-corrected chi connectivity index (χ4v) is 5.65. The van der Waals surface area contributed by atoms with Crippen molar-refractivity contribution in [3.63, 3.8) is 0 Å². The first-order chi connectivity index (χ1) is 17.8. The third-order valence-corrected chi connectivity index (χ3v) is 7.93. The first kappa shape index (κ1) is 26.2. The first-order valence-electron chi connectivity index (χ1n) is 12.2. The van der Waals surface area contributed by atoms with Gasteiger partial charge in [0.15, 0.2) is 11.6 Å². The van der Waals surface area contributed by atoms with E-state index in [9.17, 15) is 19.0 Å². The average molecular weight is 539 g/mol. The molecule has 2 N–H and O–H groups in total. The van der Waals surface area contributed by atoms with Crippen LogP contribution in [0.1, 0.15) is 50.1 Å². The highest BCUT2D eigenvalue weighted by molar-refractivity contribution is 6.30. The Morgan fingerprint density at radius 1 is 1.22 bits per heavy atom. The highest BCUT2D eigenvalue weighted by atomic mass is 35.5. The van der Waals surface area contributed by atoms with E-state index >= 15 is 0 Å². The zero-order chi connectivity index (χ0) is 26.3. The normalized spacial score (nSPS) is 27.6. The van der Waals surface area contributed by atoms with Crippen molar-refractivity contribution in [2.75, 3.05) is 13.7 Å². The summed E-state index contributed by atoms with van der Waals surface area (Å²) in [6, 6.07) is 3.61. The SMILES string of the molecule is CO[C@@H]1[C@@H](n2cc(-c3ccc(Cl)c(F)c3F)nn2)[C@@H](O)[C@@H](CO)O[C@@H]1Cc1cc(C2(C)CCCC2)on1. The van der Waals surface area contributed by atoms with Crippen LogP contribution in [0.4, 0.5) is 8.78 Å². The number of benzene rings is 1. The number of methoxy groups -OCH3 is 1. The molecule has 2 aliphatic rings. The van der Waals surface area contributed by atoms with Gasteiger partial charge in [0.25, 0.3) is 0 Å². The number of rotatable bonds is 7.